The van der Waals surface area contributed by atoms with E-state index < -0.39 is 24.4 Å². The molecule has 0 amide bonds. The van der Waals surface area contributed by atoms with Crippen LogP contribution in [-0.4, -0.2) is 44.8 Å². The molecule has 0 aliphatic rings. The highest BCUT2D eigenvalue weighted by Gasteiger charge is 2.25. The maximum Gasteiger partial charge on any atom is 0.112 e. The van der Waals surface area contributed by atoms with Crippen LogP contribution in [-0.2, 0) is 0 Å². The molecule has 0 aromatic heterocycles. The molecule has 0 heterocycles. The first-order chi connectivity index (χ1) is 5.00. The second-order valence-corrected chi connectivity index (χ2v) is 2.45. The summed E-state index contributed by atoms with van der Waals surface area (Å²) in [6, 6.07) is 0. The van der Waals surface area contributed by atoms with E-state index in [1.54, 1.807) is 0 Å². The first-order valence-electron chi connectivity index (χ1n) is 3.35. The van der Waals surface area contributed by atoms with E-state index >= 15 is 0 Å². The molecule has 0 bridgehead atoms. The fraction of sp³-hybridized carbons (Fsp3) is 0.714. The van der Waals surface area contributed by atoms with Crippen molar-refractivity contribution < 1.29 is 20.4 Å². The molecule has 0 saturated heterocycles. The number of hydrogen-bond donors (Lipinski definition) is 4. The normalized spacial score (nSPS) is 21.9. The lowest BCUT2D eigenvalue weighted by molar-refractivity contribution is -0.0875. The van der Waals surface area contributed by atoms with Gasteiger partial charge in [0.05, 0.1) is 6.10 Å². The molecule has 4 N–H and O–H groups in total. The van der Waals surface area contributed by atoms with E-state index in [-0.39, 0.29) is 0 Å². The van der Waals surface area contributed by atoms with Crippen LogP contribution in [0.5, 0.6) is 0 Å². The second-order valence-electron chi connectivity index (χ2n) is 2.45. The summed E-state index contributed by atoms with van der Waals surface area (Å²) in [5, 5.41) is 35.7. The highest BCUT2D eigenvalue weighted by molar-refractivity contribution is 4.89. The molecule has 0 saturated carbocycles. The Labute approximate surface area is 65.4 Å². The third-order valence-electron chi connectivity index (χ3n) is 1.44. The van der Waals surface area contributed by atoms with Gasteiger partial charge >= 0.3 is 0 Å². The minimum absolute atomic E-state index is 1.07. The van der Waals surface area contributed by atoms with E-state index in [0.29, 0.717) is 0 Å². The third kappa shape index (κ3) is 2.98. The number of aliphatic hydroxyl groups is 4. The molecule has 0 unspecified atom stereocenters. The van der Waals surface area contributed by atoms with Gasteiger partial charge in [0.1, 0.15) is 18.3 Å². The van der Waals surface area contributed by atoms with Gasteiger partial charge < -0.3 is 20.4 Å². The van der Waals surface area contributed by atoms with Crippen molar-refractivity contribution >= 4 is 0 Å². The first-order valence-corrected chi connectivity index (χ1v) is 3.35. The highest BCUT2D eigenvalue weighted by atomic mass is 16.4. The van der Waals surface area contributed by atoms with Gasteiger partial charge in [0.25, 0.3) is 0 Å². The molecule has 0 spiro atoms. The summed E-state index contributed by atoms with van der Waals surface area (Å²) in [6.45, 7) is 4.54. The van der Waals surface area contributed by atoms with Crippen LogP contribution in [0.25, 0.3) is 0 Å². The van der Waals surface area contributed by atoms with Crippen molar-refractivity contribution in [2.45, 2.75) is 31.3 Å². The summed E-state index contributed by atoms with van der Waals surface area (Å²) in [5.41, 5.74) is 0. The highest BCUT2D eigenvalue weighted by Crippen LogP contribution is 2.04. The van der Waals surface area contributed by atoms with Gasteiger partial charge in [-0.1, -0.05) is 6.08 Å². The van der Waals surface area contributed by atoms with E-state index in [2.05, 4.69) is 6.58 Å². The molecule has 0 radical (unpaired) electrons. The molecule has 0 aliphatic heterocycles. The van der Waals surface area contributed by atoms with Gasteiger partial charge in [0, 0.05) is 0 Å². The average molecular weight is 162 g/mol. The van der Waals surface area contributed by atoms with Crippen LogP contribution in [0.3, 0.4) is 0 Å². The van der Waals surface area contributed by atoms with Gasteiger partial charge in [-0.15, -0.1) is 6.58 Å². The predicted molar refractivity (Wildman–Crippen MR) is 39.9 cm³/mol. The number of hydrogen-bond acceptors (Lipinski definition) is 4. The molecule has 0 fully saturated rings. The molecule has 0 aliphatic carbocycles. The van der Waals surface area contributed by atoms with Crippen LogP contribution in [0.4, 0.5) is 0 Å². The molecule has 0 aromatic carbocycles. The Kier molecular flexibility index (Phi) is 4.29. The first kappa shape index (κ1) is 10.6. The SMILES string of the molecule is C=C[C@@H](O)[C@H](O)[C@H](O)[C@H](C)O. The third-order valence-corrected chi connectivity index (χ3v) is 1.44. The maximum atomic E-state index is 9.03. The van der Waals surface area contributed by atoms with Gasteiger partial charge in [-0.3, -0.25) is 0 Å². The summed E-state index contributed by atoms with van der Waals surface area (Å²) in [7, 11) is 0. The monoisotopic (exact) mass is 162 g/mol. The molecular weight excluding hydrogens is 148 g/mol. The number of aliphatic hydroxyl groups excluding tert-OH is 4. The molecular formula is C7H14O4. The summed E-state index contributed by atoms with van der Waals surface area (Å²) in [6.07, 6.45) is -3.91. The van der Waals surface area contributed by atoms with Crippen LogP contribution in [0, 0.1) is 0 Å². The van der Waals surface area contributed by atoms with Gasteiger partial charge in [-0.25, -0.2) is 0 Å². The van der Waals surface area contributed by atoms with Crippen molar-refractivity contribution in [3.05, 3.63) is 12.7 Å². The molecule has 4 nitrogen and oxygen atoms in total. The minimum Gasteiger partial charge on any atom is -0.391 e. The van der Waals surface area contributed by atoms with Crippen molar-refractivity contribution in [3.8, 4) is 0 Å². The van der Waals surface area contributed by atoms with Crippen LogP contribution < -0.4 is 0 Å². The summed E-state index contributed by atoms with van der Waals surface area (Å²) in [5.74, 6) is 0. The Balaban J connectivity index is 4.00. The Morgan fingerprint density at radius 3 is 1.82 bits per heavy atom. The zero-order valence-corrected chi connectivity index (χ0v) is 6.38. The van der Waals surface area contributed by atoms with E-state index in [4.69, 9.17) is 20.4 Å². The summed E-state index contributed by atoms with van der Waals surface area (Å²) >= 11 is 0. The Hall–Kier alpha value is -0.420. The molecule has 66 valence electrons. The van der Waals surface area contributed by atoms with Crippen LogP contribution in [0.2, 0.25) is 0 Å². The van der Waals surface area contributed by atoms with Gasteiger partial charge in [0.2, 0.25) is 0 Å². The Morgan fingerprint density at radius 1 is 1.09 bits per heavy atom. The van der Waals surface area contributed by atoms with E-state index in [9.17, 15) is 0 Å². The minimum atomic E-state index is -1.38. The smallest absolute Gasteiger partial charge is 0.112 e. The lowest BCUT2D eigenvalue weighted by Crippen LogP contribution is -2.42. The quantitative estimate of drug-likeness (QED) is 0.385. The van der Waals surface area contributed by atoms with Crippen molar-refractivity contribution in [3.63, 3.8) is 0 Å². The van der Waals surface area contributed by atoms with Crippen LogP contribution in [0.15, 0.2) is 12.7 Å². The van der Waals surface area contributed by atoms with Crippen LogP contribution >= 0.6 is 0 Å². The largest absolute Gasteiger partial charge is 0.391 e. The molecule has 4 atom stereocenters. The summed E-state index contributed by atoms with van der Waals surface area (Å²) in [4.78, 5) is 0. The zero-order chi connectivity index (χ0) is 9.02. The van der Waals surface area contributed by atoms with Gasteiger partial charge in [-0.05, 0) is 6.92 Å². The fourth-order valence-corrected chi connectivity index (χ4v) is 0.627. The second kappa shape index (κ2) is 4.46. The van der Waals surface area contributed by atoms with E-state index in [0.717, 1.165) is 6.08 Å². The molecule has 4 heteroatoms. The number of rotatable bonds is 4. The van der Waals surface area contributed by atoms with E-state index in [1.165, 1.54) is 6.92 Å². The predicted octanol–water partition coefficient (Wildman–Crippen LogP) is -1.36. The van der Waals surface area contributed by atoms with Crippen molar-refractivity contribution in [1.29, 1.82) is 0 Å². The van der Waals surface area contributed by atoms with E-state index in [1.807, 2.05) is 0 Å². The fourth-order valence-electron chi connectivity index (χ4n) is 0.627. The molecule has 0 aromatic rings. The average Bonchev–Trinajstić information content (AvgIpc) is 2.00. The van der Waals surface area contributed by atoms with Gasteiger partial charge in [-0.2, -0.15) is 0 Å². The standard InChI is InChI=1S/C7H14O4/c1-3-5(9)7(11)6(10)4(2)8/h3-11H,1H2,2H3/t4-,5+,6+,7-/m0/s1. The summed E-state index contributed by atoms with van der Waals surface area (Å²) < 4.78 is 0. The Morgan fingerprint density at radius 2 is 1.55 bits per heavy atom. The molecule has 0 rings (SSSR count). The molecule has 11 heavy (non-hydrogen) atoms. The van der Waals surface area contributed by atoms with Crippen LogP contribution in [0.1, 0.15) is 6.92 Å². The Bertz CT molecular complexity index is 124. The maximum absolute atomic E-state index is 9.03. The van der Waals surface area contributed by atoms with Crippen molar-refractivity contribution in [2.75, 3.05) is 0 Å². The van der Waals surface area contributed by atoms with Crippen molar-refractivity contribution in [2.24, 2.45) is 0 Å². The topological polar surface area (TPSA) is 80.9 Å². The van der Waals surface area contributed by atoms with Gasteiger partial charge in [0.15, 0.2) is 0 Å². The van der Waals surface area contributed by atoms with Crippen molar-refractivity contribution in [1.82, 2.24) is 0 Å². The lowest BCUT2D eigenvalue weighted by atomic mass is 10.0. The lowest BCUT2D eigenvalue weighted by Gasteiger charge is -2.22. The zero-order valence-electron chi connectivity index (χ0n) is 6.38.